The van der Waals surface area contributed by atoms with E-state index in [1.54, 1.807) is 0 Å². The molecule has 0 aliphatic carbocycles. The van der Waals surface area contributed by atoms with Crippen LogP contribution in [-0.2, 0) is 9.59 Å². The number of esters is 2. The van der Waals surface area contributed by atoms with Crippen LogP contribution in [-0.4, -0.2) is 11.9 Å². The van der Waals surface area contributed by atoms with Gasteiger partial charge in [-0.2, -0.15) is 0 Å². The molecule has 0 spiro atoms. The molecule has 0 aliphatic heterocycles. The van der Waals surface area contributed by atoms with E-state index < -0.39 is 11.9 Å². The van der Waals surface area contributed by atoms with Gasteiger partial charge in [0.2, 0.25) is 0 Å². The van der Waals surface area contributed by atoms with Crippen molar-refractivity contribution in [1.29, 1.82) is 0 Å². The third-order valence-corrected chi connectivity index (χ3v) is 6.62. The minimum absolute atomic E-state index is 0.0815. The first-order valence-corrected chi connectivity index (χ1v) is 12.2. The van der Waals surface area contributed by atoms with Crippen molar-refractivity contribution in [3.05, 3.63) is 54.4 Å². The maximum atomic E-state index is 12.0. The van der Waals surface area contributed by atoms with E-state index in [0.29, 0.717) is 12.8 Å². The Balaban J connectivity index is 1.58. The first kappa shape index (κ1) is 27.4. The lowest BCUT2D eigenvalue weighted by Crippen LogP contribution is -2.08. The predicted octanol–water partition coefficient (Wildman–Crippen LogP) is 9.24. The number of rotatable bonds is 11. The topological polar surface area (TPSA) is 52.6 Å². The SMILES string of the molecule is O=C(CCCCCCCCC(=O)Oc1c(Cl)ccc(Cl)c1Cl)Oc1c(Cl)ccc(Cl)c1Cl. The largest absolute Gasteiger partial charge is 0.423 e. The average molecular weight is 561 g/mol. The fraction of sp³-hybridized carbons (Fsp3) is 0.364. The molecule has 0 radical (unpaired) electrons. The summed E-state index contributed by atoms with van der Waals surface area (Å²) in [5.41, 5.74) is 0. The van der Waals surface area contributed by atoms with Crippen LogP contribution in [0.5, 0.6) is 11.5 Å². The number of unbranched alkanes of at least 4 members (excludes halogenated alkanes) is 5. The van der Waals surface area contributed by atoms with Gasteiger partial charge in [0.15, 0.2) is 11.5 Å². The molecule has 0 amide bonds. The summed E-state index contributed by atoms with van der Waals surface area (Å²) in [5.74, 6) is -0.676. The highest BCUT2D eigenvalue weighted by atomic mass is 35.5. The molecule has 0 fully saturated rings. The van der Waals surface area contributed by atoms with Crippen LogP contribution in [0.25, 0.3) is 0 Å². The first-order valence-electron chi connectivity index (χ1n) is 9.89. The first-order chi connectivity index (χ1) is 15.2. The van der Waals surface area contributed by atoms with Gasteiger partial charge in [-0.3, -0.25) is 9.59 Å². The molecule has 0 heterocycles. The van der Waals surface area contributed by atoms with E-state index in [2.05, 4.69) is 0 Å². The molecular formula is C22H20Cl6O4. The lowest BCUT2D eigenvalue weighted by molar-refractivity contribution is -0.135. The highest BCUT2D eigenvalue weighted by Crippen LogP contribution is 2.39. The van der Waals surface area contributed by atoms with Crippen LogP contribution in [0.15, 0.2) is 24.3 Å². The number of hydrogen-bond acceptors (Lipinski definition) is 4. The van der Waals surface area contributed by atoms with Crippen molar-refractivity contribution in [2.75, 3.05) is 0 Å². The standard InChI is InChI=1S/C22H20Cl6O4/c23-13-9-11-15(25)21(19(13)27)31-17(29)7-5-3-1-2-4-6-8-18(30)32-22-16(26)12-10-14(24)20(22)28/h9-12H,1-8H2. The van der Waals surface area contributed by atoms with Crippen LogP contribution >= 0.6 is 69.6 Å². The Kier molecular flexibility index (Phi) is 11.7. The van der Waals surface area contributed by atoms with Crippen LogP contribution in [0.2, 0.25) is 30.1 Å². The van der Waals surface area contributed by atoms with Crippen molar-refractivity contribution in [2.24, 2.45) is 0 Å². The summed E-state index contributed by atoms with van der Waals surface area (Å²) < 4.78 is 10.5. The second-order valence-electron chi connectivity index (χ2n) is 6.91. The second-order valence-corrected chi connectivity index (χ2v) is 9.30. The number of benzene rings is 2. The fourth-order valence-corrected chi connectivity index (χ4v) is 3.97. The molecule has 4 nitrogen and oxygen atoms in total. The molecule has 0 aliphatic rings. The maximum absolute atomic E-state index is 12.0. The Morgan fingerprint density at radius 3 is 1.22 bits per heavy atom. The van der Waals surface area contributed by atoms with E-state index in [1.807, 2.05) is 0 Å². The van der Waals surface area contributed by atoms with Gasteiger partial charge in [-0.25, -0.2) is 0 Å². The summed E-state index contributed by atoms with van der Waals surface area (Å²) in [5, 5.41) is 1.22. The molecule has 0 atom stereocenters. The Morgan fingerprint density at radius 1 is 0.531 bits per heavy atom. The van der Waals surface area contributed by atoms with Crippen molar-refractivity contribution >= 4 is 81.5 Å². The Hall–Kier alpha value is -0.880. The molecule has 2 aromatic rings. The zero-order valence-corrected chi connectivity index (χ0v) is 21.4. The quantitative estimate of drug-likeness (QED) is 0.119. The number of ether oxygens (including phenoxy) is 2. The molecule has 0 saturated carbocycles. The minimum Gasteiger partial charge on any atom is -0.423 e. The number of halogens is 6. The van der Waals surface area contributed by atoms with E-state index in [9.17, 15) is 9.59 Å². The molecule has 2 aromatic carbocycles. The van der Waals surface area contributed by atoms with E-state index >= 15 is 0 Å². The molecule has 32 heavy (non-hydrogen) atoms. The average Bonchev–Trinajstić information content (AvgIpc) is 2.76. The molecule has 0 saturated heterocycles. The van der Waals surface area contributed by atoms with Gasteiger partial charge in [0.05, 0.1) is 20.1 Å². The molecular weight excluding hydrogens is 541 g/mol. The highest BCUT2D eigenvalue weighted by Gasteiger charge is 2.16. The second kappa shape index (κ2) is 13.7. The van der Waals surface area contributed by atoms with Crippen molar-refractivity contribution in [3.8, 4) is 11.5 Å². The van der Waals surface area contributed by atoms with E-state index in [0.717, 1.165) is 25.7 Å². The summed E-state index contributed by atoms with van der Waals surface area (Å²) in [6, 6.07) is 6.11. The van der Waals surface area contributed by atoms with Gasteiger partial charge >= 0.3 is 11.9 Å². The fourth-order valence-electron chi connectivity index (χ4n) is 2.78. The van der Waals surface area contributed by atoms with Gasteiger partial charge in [-0.15, -0.1) is 0 Å². The van der Waals surface area contributed by atoms with Crippen molar-refractivity contribution < 1.29 is 19.1 Å². The number of carbonyl (C=O) groups is 2. The van der Waals surface area contributed by atoms with Gasteiger partial charge < -0.3 is 9.47 Å². The molecule has 0 bridgehead atoms. The van der Waals surface area contributed by atoms with Gasteiger partial charge in [0.25, 0.3) is 0 Å². The molecule has 174 valence electrons. The molecule has 0 N–H and O–H groups in total. The Morgan fingerprint density at radius 2 is 0.844 bits per heavy atom. The van der Waals surface area contributed by atoms with Crippen LogP contribution in [0.1, 0.15) is 51.4 Å². The Bertz CT molecular complexity index is 886. The maximum Gasteiger partial charge on any atom is 0.311 e. The number of carbonyl (C=O) groups excluding carboxylic acids is 2. The van der Waals surface area contributed by atoms with Crippen molar-refractivity contribution in [1.82, 2.24) is 0 Å². The third-order valence-electron chi connectivity index (χ3n) is 4.45. The zero-order valence-electron chi connectivity index (χ0n) is 16.9. The summed E-state index contributed by atoms with van der Waals surface area (Å²) >= 11 is 35.8. The lowest BCUT2D eigenvalue weighted by Gasteiger charge is -2.09. The summed E-state index contributed by atoms with van der Waals surface area (Å²) in [6.07, 6.45) is 5.37. The van der Waals surface area contributed by atoms with Gasteiger partial charge in [0.1, 0.15) is 10.0 Å². The van der Waals surface area contributed by atoms with Crippen LogP contribution in [0.4, 0.5) is 0 Å². The third kappa shape index (κ3) is 8.48. The van der Waals surface area contributed by atoms with Gasteiger partial charge in [-0.1, -0.05) is 95.3 Å². The van der Waals surface area contributed by atoms with Crippen LogP contribution in [0.3, 0.4) is 0 Å². The molecule has 0 aromatic heterocycles. The molecule has 0 unspecified atom stereocenters. The predicted molar refractivity (Wildman–Crippen MR) is 131 cm³/mol. The van der Waals surface area contributed by atoms with E-state index in [4.69, 9.17) is 79.1 Å². The Labute approximate surface area is 217 Å². The lowest BCUT2D eigenvalue weighted by atomic mass is 10.1. The summed E-state index contributed by atoms with van der Waals surface area (Å²) in [7, 11) is 0. The van der Waals surface area contributed by atoms with Gasteiger partial charge in [-0.05, 0) is 37.1 Å². The molecule has 10 heteroatoms. The normalized spacial score (nSPS) is 10.8. The van der Waals surface area contributed by atoms with Crippen molar-refractivity contribution in [2.45, 2.75) is 51.4 Å². The minimum atomic E-state index is -0.419. The zero-order chi connectivity index (χ0) is 23.7. The summed E-state index contributed by atoms with van der Waals surface area (Å²) in [4.78, 5) is 24.0. The van der Waals surface area contributed by atoms with Gasteiger partial charge in [0, 0.05) is 12.8 Å². The summed E-state index contributed by atoms with van der Waals surface area (Å²) in [6.45, 7) is 0. The number of hydrogen-bond donors (Lipinski definition) is 0. The van der Waals surface area contributed by atoms with Crippen LogP contribution in [0, 0.1) is 0 Å². The van der Waals surface area contributed by atoms with Crippen molar-refractivity contribution in [3.63, 3.8) is 0 Å². The van der Waals surface area contributed by atoms with E-state index in [-0.39, 0.29) is 54.5 Å². The monoisotopic (exact) mass is 558 g/mol. The highest BCUT2D eigenvalue weighted by molar-refractivity contribution is 6.45. The van der Waals surface area contributed by atoms with E-state index in [1.165, 1.54) is 24.3 Å². The van der Waals surface area contributed by atoms with Crippen LogP contribution < -0.4 is 9.47 Å². The smallest absolute Gasteiger partial charge is 0.311 e. The molecule has 2 rings (SSSR count).